The molecule has 0 amide bonds. The summed E-state index contributed by atoms with van der Waals surface area (Å²) in [6, 6.07) is 87.1. The first-order valence-electron chi connectivity index (χ1n) is 36.2. The summed E-state index contributed by atoms with van der Waals surface area (Å²) in [7, 11) is -4.37. The number of benzene rings is 8. The number of nitrogens with zero attached hydrogens (tertiary/aromatic N) is 7. The number of nitrogens with one attached hydrogen (secondary N) is 1. The van der Waals surface area contributed by atoms with E-state index in [1.807, 2.05) is 0 Å². The average molecular weight is 1350 g/mol. The van der Waals surface area contributed by atoms with Gasteiger partial charge < -0.3 is 14.2 Å². The van der Waals surface area contributed by atoms with Crippen molar-refractivity contribution in [2.75, 3.05) is 25.0 Å². The summed E-state index contributed by atoms with van der Waals surface area (Å²) in [6.45, 7) is 28.6. The van der Waals surface area contributed by atoms with Gasteiger partial charge in [0.2, 0.25) is 0 Å². The average Bonchev–Trinajstić information content (AvgIpc) is 1.68. The molecule has 2 bridgehead atoms. The van der Waals surface area contributed by atoms with Crippen LogP contribution in [-0.4, -0.2) is 76.5 Å². The summed E-state index contributed by atoms with van der Waals surface area (Å²) in [5.41, 5.74) is 12.5. The molecule has 8 aromatic carbocycles. The van der Waals surface area contributed by atoms with Crippen LogP contribution < -0.4 is 9.74 Å². The van der Waals surface area contributed by atoms with Crippen LogP contribution >= 0.6 is 0 Å². The molecule has 11 aromatic rings. The lowest BCUT2D eigenvalue weighted by Gasteiger charge is -2.58. The molecule has 14 rings (SSSR count). The predicted molar refractivity (Wildman–Crippen MR) is 413 cm³/mol. The van der Waals surface area contributed by atoms with Gasteiger partial charge in [0, 0.05) is 42.6 Å². The van der Waals surface area contributed by atoms with Crippen molar-refractivity contribution in [1.82, 2.24) is 34.7 Å². The molecule has 3 aromatic heterocycles. The second-order valence-electron chi connectivity index (χ2n) is 30.5. The summed E-state index contributed by atoms with van der Waals surface area (Å²) >= 11 is 0. The standard InChI is InChI=1S/C87H100N8O2Si2/c1-65(2)99(66(3)4,67(5)6)97-77-49-33-34-68(60-77)63-94-64-69(62-88-94)78(50-57-93(58-59-96-98(10,11)83(7,8)9)85-54-51-84(52-55-85,53-56-85)70-35-19-12-20-36-70)79-61-80(90-86(71-37-21-13-22-38-71,72-39-23-14-24-40-72)73-41-25-15-26-42-73)89-82-81(79)91-92-95(82)87(74-43-27-16-28-44-74,75-45-29-17-30-46-75)76-47-31-18-32-48-76/h12-50,60-62,64-67H,51-59,63H2,1-11H3,(H,89,90)/b78-50+. The first-order chi connectivity index (χ1) is 47.8. The van der Waals surface area contributed by atoms with Crippen LogP contribution in [0.25, 0.3) is 16.7 Å². The number of pyridine rings is 1. The molecular formula is C87H100N8O2Si2. The van der Waals surface area contributed by atoms with Gasteiger partial charge in [-0.2, -0.15) is 5.10 Å². The van der Waals surface area contributed by atoms with Gasteiger partial charge in [0.25, 0.3) is 8.32 Å². The smallest absolute Gasteiger partial charge is 0.258 e. The van der Waals surface area contributed by atoms with E-state index in [-0.39, 0.29) is 16.0 Å². The highest BCUT2D eigenvalue weighted by molar-refractivity contribution is 6.78. The molecule has 10 nitrogen and oxygen atoms in total. The Morgan fingerprint density at radius 2 is 1.06 bits per heavy atom. The first kappa shape index (κ1) is 68.7. The lowest BCUT2D eigenvalue weighted by Crippen LogP contribution is -2.59. The van der Waals surface area contributed by atoms with E-state index >= 15 is 0 Å². The van der Waals surface area contributed by atoms with Crippen LogP contribution in [0.3, 0.4) is 0 Å². The van der Waals surface area contributed by atoms with E-state index in [4.69, 9.17) is 29.2 Å². The van der Waals surface area contributed by atoms with Gasteiger partial charge in [0.15, 0.2) is 14.0 Å². The Kier molecular flexibility index (Phi) is 19.7. The topological polar surface area (TPSA) is 95.1 Å². The molecule has 3 heterocycles. The maximum Gasteiger partial charge on any atom is 0.258 e. The quantitative estimate of drug-likeness (QED) is 0.0423. The summed E-state index contributed by atoms with van der Waals surface area (Å²) in [4.78, 5) is 8.79. The summed E-state index contributed by atoms with van der Waals surface area (Å²) < 4.78 is 18.7. The zero-order chi connectivity index (χ0) is 69.1. The van der Waals surface area contributed by atoms with Gasteiger partial charge in [-0.05, 0) is 147 Å². The van der Waals surface area contributed by atoms with Gasteiger partial charge in [-0.3, -0.25) is 9.58 Å². The van der Waals surface area contributed by atoms with Gasteiger partial charge in [-0.25, -0.2) is 9.67 Å². The van der Waals surface area contributed by atoms with Gasteiger partial charge in [-0.1, -0.05) is 298 Å². The molecule has 12 heteroatoms. The molecule has 0 unspecified atom stereocenters. The third kappa shape index (κ3) is 13.1. The van der Waals surface area contributed by atoms with E-state index < -0.39 is 27.7 Å². The minimum absolute atomic E-state index is 0.0297. The lowest BCUT2D eigenvalue weighted by atomic mass is 9.54. The number of hydrogen-bond donors (Lipinski definition) is 1. The van der Waals surface area contributed by atoms with E-state index in [0.717, 1.165) is 106 Å². The third-order valence-corrected chi connectivity index (χ3v) is 33.7. The van der Waals surface area contributed by atoms with Crippen molar-refractivity contribution in [3.05, 3.63) is 317 Å². The summed E-state index contributed by atoms with van der Waals surface area (Å²) in [5.74, 6) is 1.58. The second kappa shape index (κ2) is 28.4. The van der Waals surface area contributed by atoms with Crippen LogP contribution in [0.15, 0.2) is 261 Å². The van der Waals surface area contributed by atoms with Crippen LogP contribution in [0.4, 0.5) is 5.82 Å². The molecule has 1 N–H and O–H groups in total. The minimum atomic E-state index is -2.25. The van der Waals surface area contributed by atoms with E-state index in [1.165, 1.54) is 5.56 Å². The van der Waals surface area contributed by atoms with E-state index in [9.17, 15) is 0 Å². The minimum Gasteiger partial charge on any atom is -0.543 e. The molecule has 0 atom stereocenters. The van der Waals surface area contributed by atoms with Crippen molar-refractivity contribution >= 4 is 39.2 Å². The third-order valence-electron chi connectivity index (χ3n) is 23.1. The zero-order valence-corrected chi connectivity index (χ0v) is 62.1. The molecule has 508 valence electrons. The van der Waals surface area contributed by atoms with E-state index in [0.29, 0.717) is 53.3 Å². The lowest BCUT2D eigenvalue weighted by molar-refractivity contribution is -0.0246. The molecule has 0 aliphatic heterocycles. The maximum atomic E-state index is 7.33. The highest BCUT2D eigenvalue weighted by atomic mass is 28.4. The van der Waals surface area contributed by atoms with E-state index in [1.54, 1.807) is 0 Å². The van der Waals surface area contributed by atoms with Gasteiger partial charge in [0.1, 0.15) is 28.2 Å². The molecule has 0 spiro atoms. The number of aromatic nitrogens is 6. The molecule has 99 heavy (non-hydrogen) atoms. The number of fused-ring (bicyclic) bond motifs is 4. The molecule has 3 aliphatic carbocycles. The first-order valence-corrected chi connectivity index (χ1v) is 41.2. The number of anilines is 1. The molecule has 0 radical (unpaired) electrons. The number of hydrogen-bond acceptors (Lipinski definition) is 8. The predicted octanol–water partition coefficient (Wildman–Crippen LogP) is 20.7. The van der Waals surface area contributed by atoms with Crippen molar-refractivity contribution < 1.29 is 8.85 Å². The molecule has 3 aliphatic rings. The van der Waals surface area contributed by atoms with Crippen molar-refractivity contribution in [1.29, 1.82) is 0 Å². The summed E-state index contributed by atoms with van der Waals surface area (Å²) in [5, 5.41) is 20.6. The largest absolute Gasteiger partial charge is 0.543 e. The fourth-order valence-corrected chi connectivity index (χ4v) is 23.2. The van der Waals surface area contributed by atoms with Crippen LogP contribution in [0.1, 0.15) is 156 Å². The van der Waals surface area contributed by atoms with Crippen molar-refractivity contribution in [3.8, 4) is 5.75 Å². The van der Waals surface area contributed by atoms with Crippen molar-refractivity contribution in [2.24, 2.45) is 0 Å². The van der Waals surface area contributed by atoms with Crippen LogP contribution in [0.2, 0.25) is 34.8 Å². The maximum absolute atomic E-state index is 7.33. The fourth-order valence-electron chi connectivity index (χ4n) is 16.9. The Morgan fingerprint density at radius 1 is 0.586 bits per heavy atom. The van der Waals surface area contributed by atoms with Crippen LogP contribution in [0, 0.1) is 0 Å². The monoisotopic (exact) mass is 1340 g/mol. The van der Waals surface area contributed by atoms with Gasteiger partial charge in [0.05, 0.1) is 12.7 Å². The van der Waals surface area contributed by atoms with Gasteiger partial charge >= 0.3 is 0 Å². The van der Waals surface area contributed by atoms with Crippen LogP contribution in [0.5, 0.6) is 5.75 Å². The van der Waals surface area contributed by atoms with Gasteiger partial charge in [-0.15, -0.1) is 5.10 Å². The number of rotatable bonds is 26. The normalized spacial score (nSPS) is 17.1. The SMILES string of the molecule is CC(C)[Si](Oc1cccc(Cn2cc(/C(=C\CN(CCO[Si](C)(C)C(C)(C)C)C34CCC(c5ccccc5)(CC3)CC4)c3cc(NC(c4ccccc4)(c4ccccc4)c4ccccc4)nc4c3nnn4C(c3ccccc3)(c3ccccc3)c3ccccc3)cn2)c1)(C(C)C)C(C)C. The Balaban J connectivity index is 1.05. The fraction of sp³-hybridized carbons (Fsp3) is 0.333. The Hall–Kier alpha value is -8.79. The highest BCUT2D eigenvalue weighted by Gasteiger charge is 2.52. The molecule has 3 saturated carbocycles. The molecule has 3 fully saturated rings. The van der Waals surface area contributed by atoms with E-state index in [2.05, 4.69) is 356 Å². The second-order valence-corrected chi connectivity index (χ2v) is 40.7. The Morgan fingerprint density at radius 3 is 1.54 bits per heavy atom. The van der Waals surface area contributed by atoms with Crippen molar-refractivity contribution in [3.63, 3.8) is 0 Å². The molecular weight excluding hydrogens is 1250 g/mol. The molecule has 0 saturated heterocycles. The Bertz CT molecular complexity index is 4260. The van der Waals surface area contributed by atoms with Crippen molar-refractivity contribution in [2.45, 2.75) is 164 Å². The highest BCUT2D eigenvalue weighted by Crippen LogP contribution is 2.56. The Labute approximate surface area is 590 Å². The summed E-state index contributed by atoms with van der Waals surface area (Å²) in [6.07, 6.45) is 13.6. The van der Waals surface area contributed by atoms with Crippen LogP contribution in [-0.2, 0) is 27.5 Å². The zero-order valence-electron chi connectivity index (χ0n) is 60.1.